The number of esters is 1. The molecule has 0 amide bonds. The minimum Gasteiger partial charge on any atom is -0.466 e. The minimum absolute atomic E-state index is 0.142. The summed E-state index contributed by atoms with van der Waals surface area (Å²) < 4.78 is 39.7. The third kappa shape index (κ3) is 4.72. The second-order valence-electron chi connectivity index (χ2n) is 7.95. The number of nitrogens with zero attached hydrogens (tertiary/aromatic N) is 5. The molecule has 12 nitrogen and oxygen atoms in total. The number of rotatable bonds is 8. The molecule has 0 radical (unpaired) electrons. The van der Waals surface area contributed by atoms with E-state index in [2.05, 4.69) is 30.3 Å². The molecule has 5 rings (SSSR count). The number of anilines is 1. The number of cyclic esters (lactones) is 1. The van der Waals surface area contributed by atoms with E-state index in [1.165, 1.54) is 12.1 Å². The van der Waals surface area contributed by atoms with Crippen molar-refractivity contribution in [3.8, 4) is 11.5 Å². The van der Waals surface area contributed by atoms with Gasteiger partial charge in [-0.25, -0.2) is 22.8 Å². The van der Waals surface area contributed by atoms with Gasteiger partial charge in [-0.1, -0.05) is 23.4 Å². The zero-order chi connectivity index (χ0) is 24.4. The molecule has 4 aromatic rings. The van der Waals surface area contributed by atoms with Crippen LogP contribution in [0.2, 0.25) is 0 Å². The van der Waals surface area contributed by atoms with Crippen molar-refractivity contribution in [2.75, 3.05) is 11.9 Å². The summed E-state index contributed by atoms with van der Waals surface area (Å²) in [6.07, 6.45) is 4.17. The van der Waals surface area contributed by atoms with Crippen LogP contribution in [0.4, 0.5) is 5.69 Å². The van der Waals surface area contributed by atoms with Crippen LogP contribution >= 0.6 is 0 Å². The normalized spacial score (nSPS) is 16.4. The van der Waals surface area contributed by atoms with Gasteiger partial charge >= 0.3 is 5.97 Å². The molecule has 35 heavy (non-hydrogen) atoms. The van der Waals surface area contributed by atoms with E-state index in [0.29, 0.717) is 36.5 Å². The Balaban J connectivity index is 1.44. The highest BCUT2D eigenvalue weighted by atomic mass is 32.2. The Bertz CT molecular complexity index is 1470. The first-order valence-electron chi connectivity index (χ1n) is 11.1. The topological polar surface area (TPSA) is 154 Å². The maximum atomic E-state index is 12.5. The molecule has 13 heteroatoms. The number of aromatic nitrogens is 5. The number of nitrogens with one attached hydrogen (secondary N) is 2. The quantitative estimate of drug-likeness (QED) is 0.346. The molecule has 0 aliphatic carbocycles. The molecule has 0 saturated carbocycles. The number of hydrogen-bond acceptors (Lipinski definition) is 10. The third-order valence-corrected chi connectivity index (χ3v) is 7.05. The molecule has 2 N–H and O–H groups in total. The average Bonchev–Trinajstić information content (AvgIpc) is 3.51. The maximum Gasteiger partial charge on any atom is 0.307 e. The zero-order valence-corrected chi connectivity index (χ0v) is 19.7. The van der Waals surface area contributed by atoms with Crippen molar-refractivity contribution in [3.05, 3.63) is 48.5 Å². The van der Waals surface area contributed by atoms with Crippen molar-refractivity contribution in [2.45, 2.75) is 43.8 Å². The molecular formula is C22H23N7O5S. The number of carbonyl (C=O) groups is 1. The van der Waals surface area contributed by atoms with E-state index in [1.807, 2.05) is 6.92 Å². The monoisotopic (exact) mass is 497 g/mol. The Morgan fingerprint density at radius 3 is 2.80 bits per heavy atom. The van der Waals surface area contributed by atoms with Gasteiger partial charge in [0, 0.05) is 25.2 Å². The first kappa shape index (κ1) is 22.9. The maximum absolute atomic E-state index is 12.5. The van der Waals surface area contributed by atoms with Gasteiger partial charge in [0.05, 0.1) is 47.3 Å². The molecule has 0 spiro atoms. The second-order valence-corrected chi connectivity index (χ2v) is 9.72. The molecule has 1 atom stereocenters. The minimum atomic E-state index is -3.73. The molecule has 1 unspecified atom stereocenters. The van der Waals surface area contributed by atoms with Crippen LogP contribution in [-0.4, -0.2) is 51.9 Å². The summed E-state index contributed by atoms with van der Waals surface area (Å²) in [6, 6.07) is 7.88. The highest BCUT2D eigenvalue weighted by Crippen LogP contribution is 2.34. The van der Waals surface area contributed by atoms with Crippen LogP contribution in [0.1, 0.15) is 25.6 Å². The Labute approximate surface area is 200 Å². The Hall–Kier alpha value is -3.84. The predicted molar refractivity (Wildman–Crippen MR) is 125 cm³/mol. The summed E-state index contributed by atoms with van der Waals surface area (Å²) in [5.41, 5.74) is 1.86. The largest absolute Gasteiger partial charge is 0.466 e. The summed E-state index contributed by atoms with van der Waals surface area (Å²) in [7, 11) is -3.73. The van der Waals surface area contributed by atoms with Gasteiger partial charge in [0.1, 0.15) is 0 Å². The number of pyridine rings is 1. The van der Waals surface area contributed by atoms with Crippen molar-refractivity contribution < 1.29 is 22.5 Å². The lowest BCUT2D eigenvalue weighted by atomic mass is 10.1. The van der Waals surface area contributed by atoms with E-state index in [9.17, 15) is 13.2 Å². The highest BCUT2D eigenvalue weighted by molar-refractivity contribution is 7.89. The molecule has 182 valence electrons. The van der Waals surface area contributed by atoms with E-state index < -0.39 is 10.0 Å². The molecule has 3 aromatic heterocycles. The standard InChI is InChI=1S/C22H23N7O5S/c1-2-29-21-16(12-24-29)20(26-14-8-9-33-19(30)10-14)17(11-23-21)22-27-18(28-34-22)13-25-35(31,32)15-6-4-3-5-7-15/h3-7,11-12,14,25H,2,8-10,13H2,1H3,(H,23,26). The van der Waals surface area contributed by atoms with Gasteiger partial charge < -0.3 is 14.6 Å². The van der Waals surface area contributed by atoms with Gasteiger partial charge in [0.25, 0.3) is 5.89 Å². The number of fused-ring (bicyclic) bond motifs is 1. The van der Waals surface area contributed by atoms with Crippen LogP contribution in [-0.2, 0) is 32.6 Å². The average molecular weight is 498 g/mol. The molecule has 1 fully saturated rings. The van der Waals surface area contributed by atoms with Crippen molar-refractivity contribution in [1.29, 1.82) is 0 Å². The fourth-order valence-corrected chi connectivity index (χ4v) is 4.86. The number of ether oxygens (including phenoxy) is 1. The molecule has 4 heterocycles. The number of aryl methyl sites for hydroxylation is 1. The van der Waals surface area contributed by atoms with E-state index >= 15 is 0 Å². The van der Waals surface area contributed by atoms with Crippen LogP contribution in [0, 0.1) is 0 Å². The molecule has 1 aliphatic rings. The van der Waals surface area contributed by atoms with Gasteiger partial charge in [-0.15, -0.1) is 0 Å². The first-order valence-corrected chi connectivity index (χ1v) is 12.6. The van der Waals surface area contributed by atoms with Gasteiger partial charge in [0.2, 0.25) is 10.0 Å². The number of carbonyl (C=O) groups excluding carboxylic acids is 1. The molecule has 0 bridgehead atoms. The first-order chi connectivity index (χ1) is 16.9. The highest BCUT2D eigenvalue weighted by Gasteiger charge is 2.25. The van der Waals surface area contributed by atoms with E-state index in [0.717, 1.165) is 5.39 Å². The zero-order valence-electron chi connectivity index (χ0n) is 18.8. The van der Waals surface area contributed by atoms with Crippen molar-refractivity contribution in [3.63, 3.8) is 0 Å². The summed E-state index contributed by atoms with van der Waals surface area (Å²) in [5.74, 6) is 0.0603. The fraction of sp³-hybridized carbons (Fsp3) is 0.318. The lowest BCUT2D eigenvalue weighted by Crippen LogP contribution is -2.31. The Morgan fingerprint density at radius 2 is 2.03 bits per heavy atom. The molecule has 1 aliphatic heterocycles. The van der Waals surface area contributed by atoms with E-state index in [-0.39, 0.29) is 41.6 Å². The third-order valence-electron chi connectivity index (χ3n) is 5.63. The SMILES string of the molecule is CCn1ncc2c(NC3CCOC(=O)C3)c(-c3nc(CNS(=O)(=O)c4ccccc4)no3)cnc21. The van der Waals surface area contributed by atoms with Gasteiger partial charge in [-0.3, -0.25) is 4.79 Å². The van der Waals surface area contributed by atoms with Crippen molar-refractivity contribution >= 4 is 32.7 Å². The van der Waals surface area contributed by atoms with Crippen LogP contribution in [0.25, 0.3) is 22.5 Å². The lowest BCUT2D eigenvalue weighted by Gasteiger charge is -2.24. The number of benzene rings is 1. The second kappa shape index (κ2) is 9.43. The van der Waals surface area contributed by atoms with Crippen LogP contribution < -0.4 is 10.0 Å². The molecule has 1 aromatic carbocycles. The van der Waals surface area contributed by atoms with Crippen molar-refractivity contribution in [1.82, 2.24) is 29.6 Å². The van der Waals surface area contributed by atoms with Crippen LogP contribution in [0.15, 0.2) is 52.1 Å². The Morgan fingerprint density at radius 1 is 1.20 bits per heavy atom. The summed E-state index contributed by atoms with van der Waals surface area (Å²) >= 11 is 0. The van der Waals surface area contributed by atoms with Gasteiger partial charge in [-0.05, 0) is 19.1 Å². The van der Waals surface area contributed by atoms with Crippen LogP contribution in [0.3, 0.4) is 0 Å². The van der Waals surface area contributed by atoms with Crippen molar-refractivity contribution in [2.24, 2.45) is 0 Å². The predicted octanol–water partition coefficient (Wildman–Crippen LogP) is 2.10. The number of sulfonamides is 1. The summed E-state index contributed by atoms with van der Waals surface area (Å²) in [5, 5.41) is 12.5. The summed E-state index contributed by atoms with van der Waals surface area (Å²) in [4.78, 5) is 20.8. The summed E-state index contributed by atoms with van der Waals surface area (Å²) in [6.45, 7) is 2.78. The van der Waals surface area contributed by atoms with E-state index in [1.54, 1.807) is 35.3 Å². The molecular weight excluding hydrogens is 474 g/mol. The number of hydrogen-bond donors (Lipinski definition) is 2. The fourth-order valence-electron chi connectivity index (χ4n) is 3.86. The van der Waals surface area contributed by atoms with Crippen LogP contribution in [0.5, 0.6) is 0 Å². The smallest absolute Gasteiger partial charge is 0.307 e. The lowest BCUT2D eigenvalue weighted by molar-refractivity contribution is -0.147. The van der Waals surface area contributed by atoms with Gasteiger partial charge in [-0.2, -0.15) is 10.1 Å². The Kier molecular flexibility index (Phi) is 6.17. The molecule has 1 saturated heterocycles. The van der Waals surface area contributed by atoms with E-state index in [4.69, 9.17) is 9.26 Å². The van der Waals surface area contributed by atoms with Gasteiger partial charge in [0.15, 0.2) is 11.5 Å².